The number of nitrogens with two attached hydrogens (primary N) is 1. The van der Waals surface area contributed by atoms with Gasteiger partial charge in [0.2, 0.25) is 0 Å². The van der Waals surface area contributed by atoms with Crippen molar-refractivity contribution in [2.45, 2.75) is 6.42 Å². The predicted molar refractivity (Wildman–Crippen MR) is 92.2 cm³/mol. The molecule has 0 atom stereocenters. The number of halogens is 1. The van der Waals surface area contributed by atoms with Crippen molar-refractivity contribution in [1.29, 1.82) is 0 Å². The fourth-order valence-electron chi connectivity index (χ4n) is 1.55. The van der Waals surface area contributed by atoms with E-state index in [0.717, 1.165) is 5.69 Å². The number of hydrogen-bond donors (Lipinski definition) is 2. The van der Waals surface area contributed by atoms with Crippen molar-refractivity contribution in [2.75, 3.05) is 25.0 Å². The number of esters is 1. The van der Waals surface area contributed by atoms with Crippen molar-refractivity contribution >= 4 is 35.8 Å². The Morgan fingerprint density at radius 2 is 2.13 bits per heavy atom. The highest BCUT2D eigenvalue weighted by molar-refractivity contribution is 6.19. The minimum atomic E-state index is -0.316. The third-order valence-corrected chi connectivity index (χ3v) is 2.76. The van der Waals surface area contributed by atoms with Crippen LogP contribution in [-0.2, 0) is 9.53 Å². The van der Waals surface area contributed by atoms with Crippen LogP contribution in [0.1, 0.15) is 6.42 Å². The van der Waals surface area contributed by atoms with Gasteiger partial charge in [-0.2, -0.15) is 0 Å². The Morgan fingerprint density at radius 1 is 1.43 bits per heavy atom. The Bertz CT molecular complexity index is 585. The number of carbonyl (C=O) groups excluding carboxylic acids is 1. The Hall–Kier alpha value is -2.54. The van der Waals surface area contributed by atoms with Gasteiger partial charge in [-0.15, -0.1) is 11.6 Å². The van der Waals surface area contributed by atoms with E-state index in [-0.39, 0.29) is 25.0 Å². The zero-order valence-electron chi connectivity index (χ0n) is 12.8. The summed E-state index contributed by atoms with van der Waals surface area (Å²) in [7, 11) is 1.34. The smallest absolute Gasteiger partial charge is 0.308 e. The van der Waals surface area contributed by atoms with Gasteiger partial charge in [-0.05, 0) is 31.0 Å². The Kier molecular flexibility index (Phi) is 8.23. The molecule has 0 aliphatic rings. The number of alkyl halides is 1. The van der Waals surface area contributed by atoms with Crippen LogP contribution in [0.15, 0.2) is 46.1 Å². The molecule has 8 heteroatoms. The molecule has 0 radical (unpaired) electrons. The topological polar surface area (TPSA) is 98.3 Å². The molecule has 0 fully saturated rings. The van der Waals surface area contributed by atoms with Crippen LogP contribution >= 0.6 is 11.6 Å². The van der Waals surface area contributed by atoms with Crippen LogP contribution in [-0.4, -0.2) is 38.2 Å². The number of rotatable bonds is 8. The molecule has 0 saturated heterocycles. The number of methoxy groups -OCH3 is 1. The van der Waals surface area contributed by atoms with E-state index in [0.29, 0.717) is 17.3 Å². The van der Waals surface area contributed by atoms with Crippen molar-refractivity contribution in [3.05, 3.63) is 36.2 Å². The van der Waals surface area contributed by atoms with Gasteiger partial charge in [0.25, 0.3) is 0 Å². The minimum Gasteiger partial charge on any atom is -0.493 e. The minimum absolute atomic E-state index is 0.0583. The highest BCUT2D eigenvalue weighted by Gasteiger charge is 2.05. The first-order valence-corrected chi connectivity index (χ1v) is 7.23. The van der Waals surface area contributed by atoms with E-state index in [4.69, 9.17) is 22.1 Å². The molecule has 1 aromatic carbocycles. The molecule has 7 nitrogen and oxygen atoms in total. The van der Waals surface area contributed by atoms with E-state index in [1.165, 1.54) is 13.3 Å². The molecular weight excluding hydrogens is 320 g/mol. The first kappa shape index (κ1) is 18.5. The summed E-state index contributed by atoms with van der Waals surface area (Å²) in [6.45, 7) is 3.59. The van der Waals surface area contributed by atoms with Gasteiger partial charge in [0.1, 0.15) is 11.8 Å². The average Bonchev–Trinajstić information content (AvgIpc) is 2.56. The van der Waals surface area contributed by atoms with Crippen molar-refractivity contribution in [1.82, 2.24) is 0 Å². The molecule has 1 rings (SSSR count). The lowest BCUT2D eigenvalue weighted by molar-refractivity contribution is -0.141. The molecular formula is C15H19ClN4O3. The number of anilines is 1. The molecule has 0 saturated carbocycles. The van der Waals surface area contributed by atoms with Gasteiger partial charge in [-0.3, -0.25) is 14.8 Å². The summed E-state index contributed by atoms with van der Waals surface area (Å²) in [5.74, 6) is 0.710. The molecule has 0 aliphatic heterocycles. The second-order valence-corrected chi connectivity index (χ2v) is 4.46. The van der Waals surface area contributed by atoms with Crippen LogP contribution in [0.25, 0.3) is 0 Å². The molecule has 0 amide bonds. The number of aliphatic imine (C=N–C) groups is 2. The number of nitrogens with one attached hydrogen (secondary N) is 1. The van der Waals surface area contributed by atoms with Gasteiger partial charge in [-0.1, -0.05) is 0 Å². The van der Waals surface area contributed by atoms with Crippen LogP contribution in [0.2, 0.25) is 0 Å². The third-order valence-electron chi connectivity index (χ3n) is 2.64. The summed E-state index contributed by atoms with van der Waals surface area (Å²) in [5.41, 5.74) is 6.87. The van der Waals surface area contributed by atoms with Gasteiger partial charge in [0, 0.05) is 5.69 Å². The van der Waals surface area contributed by atoms with Crippen molar-refractivity contribution < 1.29 is 14.3 Å². The van der Waals surface area contributed by atoms with E-state index < -0.39 is 0 Å². The van der Waals surface area contributed by atoms with E-state index in [1.807, 2.05) is 0 Å². The Balaban J connectivity index is 2.65. The van der Waals surface area contributed by atoms with Crippen LogP contribution in [0, 0.1) is 0 Å². The zero-order chi connectivity index (χ0) is 17.1. The standard InChI is InChI=1S/C15H19ClN4O3/c1-18-9-13(17)15(19-10-16)20-11-3-5-12(6-4-11)23-8-7-14(21)22-2/h3-6,9H,1,7-8,10,17H2,2H3,(H,19,20)/b13-9+. The fraction of sp³-hybridized carbons (Fsp3) is 0.267. The molecule has 23 heavy (non-hydrogen) atoms. The van der Waals surface area contributed by atoms with Gasteiger partial charge in [0.15, 0.2) is 5.84 Å². The lowest BCUT2D eigenvalue weighted by Gasteiger charge is -2.11. The molecule has 3 N–H and O–H groups in total. The first-order chi connectivity index (χ1) is 11.1. The maximum Gasteiger partial charge on any atom is 0.308 e. The number of hydrogen-bond acceptors (Lipinski definition) is 6. The van der Waals surface area contributed by atoms with E-state index >= 15 is 0 Å². The molecule has 0 bridgehead atoms. The fourth-order valence-corrected chi connectivity index (χ4v) is 1.67. The maximum atomic E-state index is 11.0. The number of carbonyl (C=O) groups is 1. The molecule has 0 heterocycles. The number of benzene rings is 1. The highest BCUT2D eigenvalue weighted by Crippen LogP contribution is 2.16. The second-order valence-electron chi connectivity index (χ2n) is 4.22. The first-order valence-electron chi connectivity index (χ1n) is 6.69. The SMILES string of the molecule is C=N/C=C(/N)C(=NCCl)Nc1ccc(OCCC(=O)OC)cc1. The summed E-state index contributed by atoms with van der Waals surface area (Å²) in [5, 5.41) is 3.03. The number of amidine groups is 1. The zero-order valence-corrected chi connectivity index (χ0v) is 13.5. The number of ether oxygens (including phenoxy) is 2. The number of nitrogens with zero attached hydrogens (tertiary/aromatic N) is 2. The molecule has 124 valence electrons. The summed E-state index contributed by atoms with van der Waals surface area (Å²) in [6.07, 6.45) is 1.57. The average molecular weight is 339 g/mol. The maximum absolute atomic E-state index is 11.0. The molecule has 0 aromatic heterocycles. The van der Waals surface area contributed by atoms with Crippen molar-refractivity contribution in [2.24, 2.45) is 15.7 Å². The third kappa shape index (κ3) is 6.84. The van der Waals surface area contributed by atoms with Gasteiger partial charge in [-0.25, -0.2) is 0 Å². The molecule has 1 aromatic rings. The Morgan fingerprint density at radius 3 is 2.70 bits per heavy atom. The van der Waals surface area contributed by atoms with Gasteiger partial charge in [0.05, 0.1) is 32.0 Å². The second kappa shape index (κ2) is 10.2. The lowest BCUT2D eigenvalue weighted by atomic mass is 10.3. The molecule has 0 aliphatic carbocycles. The summed E-state index contributed by atoms with van der Waals surface area (Å²) in [6, 6.07) is 7.13. The predicted octanol–water partition coefficient (Wildman–Crippen LogP) is 2.14. The van der Waals surface area contributed by atoms with Crippen LogP contribution in [0.5, 0.6) is 5.75 Å². The van der Waals surface area contributed by atoms with Gasteiger partial charge < -0.3 is 20.5 Å². The van der Waals surface area contributed by atoms with E-state index in [2.05, 4.69) is 26.8 Å². The monoisotopic (exact) mass is 338 g/mol. The van der Waals surface area contributed by atoms with Crippen molar-refractivity contribution in [3.8, 4) is 5.75 Å². The normalized spacial score (nSPS) is 11.7. The summed E-state index contributed by atoms with van der Waals surface area (Å²) >= 11 is 5.61. The van der Waals surface area contributed by atoms with Crippen molar-refractivity contribution in [3.63, 3.8) is 0 Å². The lowest BCUT2D eigenvalue weighted by Crippen LogP contribution is -2.20. The quantitative estimate of drug-likeness (QED) is 0.249. The summed E-state index contributed by atoms with van der Waals surface area (Å²) < 4.78 is 9.97. The summed E-state index contributed by atoms with van der Waals surface area (Å²) in [4.78, 5) is 18.6. The van der Waals surface area contributed by atoms with Crippen LogP contribution in [0.3, 0.4) is 0 Å². The molecule has 0 spiro atoms. The van der Waals surface area contributed by atoms with Gasteiger partial charge >= 0.3 is 5.97 Å². The Labute approximate surface area is 139 Å². The van der Waals surface area contributed by atoms with E-state index in [9.17, 15) is 4.79 Å². The largest absolute Gasteiger partial charge is 0.493 e. The van der Waals surface area contributed by atoms with Crippen LogP contribution < -0.4 is 15.8 Å². The molecule has 0 unspecified atom stereocenters. The van der Waals surface area contributed by atoms with Crippen LogP contribution in [0.4, 0.5) is 5.69 Å². The van der Waals surface area contributed by atoms with E-state index in [1.54, 1.807) is 24.3 Å². The highest BCUT2D eigenvalue weighted by atomic mass is 35.5.